The molecule has 0 unspecified atom stereocenters. The fourth-order valence-electron chi connectivity index (χ4n) is 5.10. The number of thiophene rings is 1. The number of imidazole rings is 1. The highest BCUT2D eigenvalue weighted by atomic mass is 32.1. The van der Waals surface area contributed by atoms with Crippen LogP contribution in [0.3, 0.4) is 0 Å². The van der Waals surface area contributed by atoms with Gasteiger partial charge in [-0.15, -0.1) is 11.3 Å². The third-order valence-electron chi connectivity index (χ3n) is 7.23. The maximum Gasteiger partial charge on any atom is 0.407 e. The fraction of sp³-hybridized carbons (Fsp3) is 0.375. The van der Waals surface area contributed by atoms with Crippen LogP contribution in [0.25, 0.3) is 32.6 Å². The summed E-state index contributed by atoms with van der Waals surface area (Å²) in [4.78, 5) is 44.3. The number of nitrogens with zero attached hydrogens (tertiary/aromatic N) is 5. The summed E-state index contributed by atoms with van der Waals surface area (Å²) in [5.74, 6) is 0.439. The lowest BCUT2D eigenvalue weighted by atomic mass is 10.1. The highest BCUT2D eigenvalue weighted by molar-refractivity contribution is 7.17. The molecule has 5 heterocycles. The number of H-pyrrole nitrogens is 2. The molecule has 0 radical (unpaired) electrons. The van der Waals surface area contributed by atoms with E-state index >= 15 is 0 Å². The van der Waals surface area contributed by atoms with Crippen LogP contribution in [-0.2, 0) is 0 Å². The molecule has 1 amide bonds. The summed E-state index contributed by atoms with van der Waals surface area (Å²) in [7, 11) is 2.13. The monoisotopic (exact) mass is 508 g/mol. The van der Waals surface area contributed by atoms with E-state index in [0.717, 1.165) is 54.0 Å². The Morgan fingerprint density at radius 1 is 1.06 bits per heavy atom. The zero-order chi connectivity index (χ0) is 25.0. The Labute approximate surface area is 210 Å². The van der Waals surface area contributed by atoms with Crippen LogP contribution in [0.1, 0.15) is 0 Å². The molecule has 0 atom stereocenters. The number of carboxylic acid groups (broad SMARTS) is 1. The molecule has 12 heteroatoms. The lowest BCUT2D eigenvalue weighted by Gasteiger charge is -2.34. The molecule has 5 N–H and O–H groups in total. The van der Waals surface area contributed by atoms with Crippen molar-refractivity contribution in [3.05, 3.63) is 33.9 Å². The predicted octanol–water partition coefficient (Wildman–Crippen LogP) is 2.27. The predicted molar refractivity (Wildman–Crippen MR) is 143 cm³/mol. The molecule has 0 saturated carbocycles. The molecule has 0 spiro atoms. The molecule has 2 saturated heterocycles. The second kappa shape index (κ2) is 8.71. The van der Waals surface area contributed by atoms with Gasteiger partial charge in [-0.3, -0.25) is 4.79 Å². The number of likely N-dealkylation sites (N-methyl/N-ethyl adjacent to an activating group) is 1. The van der Waals surface area contributed by atoms with Crippen molar-refractivity contribution in [2.75, 3.05) is 74.9 Å². The van der Waals surface area contributed by atoms with Gasteiger partial charge in [0.15, 0.2) is 0 Å². The zero-order valence-corrected chi connectivity index (χ0v) is 20.8. The number of carbonyl (C=O) groups is 1. The highest BCUT2D eigenvalue weighted by Gasteiger charge is 2.25. The lowest BCUT2D eigenvalue weighted by molar-refractivity contribution is 0.142. The number of nitrogen functional groups attached to an aromatic ring is 1. The molecule has 2 fully saturated rings. The molecule has 6 rings (SSSR count). The standard InChI is InChI=1S/C24H28N8O3S/c1-29-4-6-30(7-5-29)14-2-3-15-16(12-14)27-21(26-15)19-20(25)18-17(13-36-23(18)28-22(19)33)31-8-10-32(11-9-31)24(34)35/h2-3,12-13H,4-11H2,1H3,(H,26,27)(H,34,35)(H3,25,28,33). The number of hydrogen-bond donors (Lipinski definition) is 4. The Hall–Kier alpha value is -3.77. The molecular formula is C24H28N8O3S. The summed E-state index contributed by atoms with van der Waals surface area (Å²) in [6, 6.07) is 6.13. The summed E-state index contributed by atoms with van der Waals surface area (Å²) < 4.78 is 0. The number of fused-ring (bicyclic) bond motifs is 2. The number of amides is 1. The molecular weight excluding hydrogens is 480 g/mol. The highest BCUT2D eigenvalue weighted by Crippen LogP contribution is 2.39. The van der Waals surface area contributed by atoms with Gasteiger partial charge in [-0.2, -0.15) is 0 Å². The van der Waals surface area contributed by atoms with Crippen molar-refractivity contribution < 1.29 is 9.90 Å². The number of rotatable bonds is 3. The number of hydrogen-bond acceptors (Lipinski definition) is 8. The summed E-state index contributed by atoms with van der Waals surface area (Å²) in [6.45, 7) is 5.93. The van der Waals surface area contributed by atoms with Crippen LogP contribution in [0.4, 0.5) is 21.9 Å². The smallest absolute Gasteiger partial charge is 0.407 e. The van der Waals surface area contributed by atoms with E-state index in [1.54, 1.807) is 0 Å². The lowest BCUT2D eigenvalue weighted by Crippen LogP contribution is -2.48. The first kappa shape index (κ1) is 22.7. The van der Waals surface area contributed by atoms with Crippen molar-refractivity contribution in [1.82, 2.24) is 24.8 Å². The number of anilines is 3. The van der Waals surface area contributed by atoms with E-state index < -0.39 is 6.09 Å². The minimum Gasteiger partial charge on any atom is -0.465 e. The number of nitrogens with two attached hydrogens (primary N) is 1. The zero-order valence-electron chi connectivity index (χ0n) is 20.0. The van der Waals surface area contributed by atoms with Gasteiger partial charge in [-0.05, 0) is 25.2 Å². The van der Waals surface area contributed by atoms with Crippen LogP contribution >= 0.6 is 11.3 Å². The van der Waals surface area contributed by atoms with Crippen LogP contribution in [0.2, 0.25) is 0 Å². The van der Waals surface area contributed by atoms with Crippen LogP contribution in [0, 0.1) is 0 Å². The minimum absolute atomic E-state index is 0.289. The Kier molecular flexibility index (Phi) is 5.49. The van der Waals surface area contributed by atoms with E-state index in [1.165, 1.54) is 16.2 Å². The number of piperazine rings is 2. The van der Waals surface area contributed by atoms with Crippen molar-refractivity contribution in [1.29, 1.82) is 0 Å². The van der Waals surface area contributed by atoms with E-state index in [1.807, 2.05) is 11.4 Å². The van der Waals surface area contributed by atoms with Crippen molar-refractivity contribution >= 4 is 55.7 Å². The maximum absolute atomic E-state index is 13.1. The molecule has 2 aliphatic rings. The van der Waals surface area contributed by atoms with Gasteiger partial charge < -0.3 is 40.4 Å². The van der Waals surface area contributed by atoms with Crippen LogP contribution in [-0.4, -0.2) is 95.4 Å². The van der Waals surface area contributed by atoms with Crippen LogP contribution < -0.4 is 21.1 Å². The molecule has 2 aliphatic heterocycles. The van der Waals surface area contributed by atoms with Gasteiger partial charge in [0, 0.05) is 63.4 Å². The summed E-state index contributed by atoms with van der Waals surface area (Å²) in [5, 5.41) is 12.0. The number of aromatic amines is 2. The number of pyridine rings is 1. The van der Waals surface area contributed by atoms with Gasteiger partial charge >= 0.3 is 6.09 Å². The summed E-state index contributed by atoms with van der Waals surface area (Å²) in [6.07, 6.45) is -0.906. The van der Waals surface area contributed by atoms with Crippen LogP contribution in [0.15, 0.2) is 28.4 Å². The molecule has 0 aliphatic carbocycles. The largest absolute Gasteiger partial charge is 0.465 e. The molecule has 188 valence electrons. The summed E-state index contributed by atoms with van der Waals surface area (Å²) in [5.41, 5.74) is 10.7. The van der Waals surface area contributed by atoms with Crippen molar-refractivity contribution in [2.45, 2.75) is 0 Å². The van der Waals surface area contributed by atoms with E-state index in [0.29, 0.717) is 48.1 Å². The van der Waals surface area contributed by atoms with Gasteiger partial charge in [-0.25, -0.2) is 9.78 Å². The topological polar surface area (TPSA) is 138 Å². The average molecular weight is 509 g/mol. The second-order valence-corrected chi connectivity index (χ2v) is 10.3. The average Bonchev–Trinajstić information content (AvgIpc) is 3.48. The van der Waals surface area contributed by atoms with Crippen molar-refractivity contribution in [2.24, 2.45) is 0 Å². The SMILES string of the molecule is CN1CCN(c2ccc3nc(-c4c(N)c5c(N6CCN(C(=O)O)CC6)csc5[nH]c4=O)[nH]c3c2)CC1. The minimum atomic E-state index is -0.906. The Bertz CT molecular complexity index is 1510. The van der Waals surface area contributed by atoms with E-state index in [9.17, 15) is 14.7 Å². The quantitative estimate of drug-likeness (QED) is 0.331. The Morgan fingerprint density at radius 3 is 2.50 bits per heavy atom. The third-order valence-corrected chi connectivity index (χ3v) is 8.11. The van der Waals surface area contributed by atoms with Gasteiger partial charge in [-0.1, -0.05) is 0 Å². The first-order valence-electron chi connectivity index (χ1n) is 12.0. The number of aromatic nitrogens is 3. The third kappa shape index (κ3) is 3.82. The van der Waals surface area contributed by atoms with E-state index in [2.05, 4.69) is 43.8 Å². The number of benzene rings is 1. The Balaban J connectivity index is 1.36. The number of nitrogens with one attached hydrogen (secondary N) is 2. The molecule has 36 heavy (non-hydrogen) atoms. The van der Waals surface area contributed by atoms with Crippen molar-refractivity contribution in [3.8, 4) is 11.4 Å². The summed E-state index contributed by atoms with van der Waals surface area (Å²) >= 11 is 1.42. The fourth-order valence-corrected chi connectivity index (χ4v) is 6.08. The van der Waals surface area contributed by atoms with E-state index in [-0.39, 0.29) is 5.56 Å². The molecule has 4 aromatic rings. The van der Waals surface area contributed by atoms with Gasteiger partial charge in [0.2, 0.25) is 0 Å². The van der Waals surface area contributed by atoms with E-state index in [4.69, 9.17) is 10.7 Å². The first-order valence-corrected chi connectivity index (χ1v) is 12.9. The maximum atomic E-state index is 13.1. The van der Waals surface area contributed by atoms with Crippen LogP contribution in [0.5, 0.6) is 0 Å². The second-order valence-electron chi connectivity index (χ2n) is 9.40. The van der Waals surface area contributed by atoms with Gasteiger partial charge in [0.1, 0.15) is 16.2 Å². The van der Waals surface area contributed by atoms with Gasteiger partial charge in [0.25, 0.3) is 5.56 Å². The molecule has 1 aromatic carbocycles. The Morgan fingerprint density at radius 2 is 1.78 bits per heavy atom. The van der Waals surface area contributed by atoms with Crippen molar-refractivity contribution in [3.63, 3.8) is 0 Å². The molecule has 11 nitrogen and oxygen atoms in total. The molecule has 0 bridgehead atoms. The normalized spacial score (nSPS) is 17.4. The van der Waals surface area contributed by atoms with Gasteiger partial charge in [0.05, 0.1) is 27.8 Å². The first-order chi connectivity index (χ1) is 17.4. The molecule has 3 aromatic heterocycles.